The van der Waals surface area contributed by atoms with Gasteiger partial charge in [0.15, 0.2) is 0 Å². The van der Waals surface area contributed by atoms with Gasteiger partial charge >= 0.3 is 0 Å². The molecule has 138 valence electrons. The summed E-state index contributed by atoms with van der Waals surface area (Å²) in [5.74, 6) is 1.74. The van der Waals surface area contributed by atoms with Gasteiger partial charge in [0.2, 0.25) is 6.41 Å². The van der Waals surface area contributed by atoms with Crippen molar-refractivity contribution in [2.45, 2.75) is 32.6 Å². The average Bonchev–Trinajstić information content (AvgIpc) is 2.65. The van der Waals surface area contributed by atoms with Crippen LogP contribution in [-0.2, 0) is 17.1 Å². The fourth-order valence-corrected chi connectivity index (χ4v) is 3.51. The Morgan fingerprint density at radius 2 is 2.08 bits per heavy atom. The van der Waals surface area contributed by atoms with E-state index in [0.717, 1.165) is 22.8 Å². The molecule has 0 aliphatic carbocycles. The third kappa shape index (κ3) is 5.57. The molecule has 1 amide bonds. The summed E-state index contributed by atoms with van der Waals surface area (Å²) >= 11 is 1.62. The van der Waals surface area contributed by atoms with Crippen LogP contribution in [0.4, 0.5) is 5.82 Å². The molecule has 1 heterocycles. The van der Waals surface area contributed by atoms with E-state index in [1.165, 1.54) is 5.56 Å². The molecule has 0 atom stereocenters. The summed E-state index contributed by atoms with van der Waals surface area (Å²) in [4.78, 5) is 22.5. The molecule has 0 fully saturated rings. The minimum Gasteiger partial charge on any atom is -0.396 e. The van der Waals surface area contributed by atoms with Gasteiger partial charge in [0.25, 0.3) is 0 Å². The number of hydrogen-bond donors (Lipinski definition) is 2. The van der Waals surface area contributed by atoms with Gasteiger partial charge in [0.1, 0.15) is 11.6 Å². The van der Waals surface area contributed by atoms with Gasteiger partial charge in [-0.25, -0.2) is 9.97 Å². The number of aryl methyl sites for hydroxylation is 1. The molecule has 2 aromatic rings. The zero-order valence-corrected chi connectivity index (χ0v) is 15.9. The molecule has 6 nitrogen and oxygen atoms in total. The van der Waals surface area contributed by atoms with Crippen LogP contribution < -0.4 is 5.73 Å². The maximum Gasteiger partial charge on any atom is 0.214 e. The summed E-state index contributed by atoms with van der Waals surface area (Å²) in [5.41, 5.74) is 8.62. The molecule has 1 aromatic carbocycles. The molecule has 0 saturated carbocycles. The number of nitrogen functional groups attached to an aromatic ring is 1. The van der Waals surface area contributed by atoms with Crippen LogP contribution in [0.2, 0.25) is 0 Å². The molecule has 1 aromatic heterocycles. The van der Waals surface area contributed by atoms with Crippen molar-refractivity contribution in [3.05, 3.63) is 64.1 Å². The Labute approximate surface area is 158 Å². The topological polar surface area (TPSA) is 92.3 Å². The van der Waals surface area contributed by atoms with E-state index in [9.17, 15) is 9.90 Å². The van der Waals surface area contributed by atoms with E-state index in [1.807, 2.05) is 25.1 Å². The lowest BCUT2D eigenvalue weighted by Crippen LogP contribution is -2.22. The molecule has 26 heavy (non-hydrogen) atoms. The van der Waals surface area contributed by atoms with Gasteiger partial charge in [-0.15, -0.1) is 11.8 Å². The highest BCUT2D eigenvalue weighted by atomic mass is 32.2. The Balaban J connectivity index is 2.18. The van der Waals surface area contributed by atoms with Crippen LogP contribution in [-0.4, -0.2) is 33.0 Å². The molecular formula is C19H24N4O2S. The third-order valence-corrected chi connectivity index (χ3v) is 5.24. The molecule has 0 spiro atoms. The fourth-order valence-electron chi connectivity index (χ4n) is 2.42. The normalized spacial score (nSPS) is 11.8. The van der Waals surface area contributed by atoms with E-state index >= 15 is 0 Å². The highest BCUT2D eigenvalue weighted by Crippen LogP contribution is 2.29. The molecule has 0 saturated heterocycles. The molecule has 0 aliphatic heterocycles. The predicted molar refractivity (Wildman–Crippen MR) is 105 cm³/mol. The lowest BCUT2D eigenvalue weighted by Gasteiger charge is -2.22. The summed E-state index contributed by atoms with van der Waals surface area (Å²) in [6.07, 6.45) is 2.91. The van der Waals surface area contributed by atoms with Crippen LogP contribution in [0.5, 0.6) is 0 Å². The SMILES string of the molecule is C/C(=C(\CCO)SCc1ccccc1)N(C=O)Cc1cnc(C)nc1N. The minimum atomic E-state index is 0.0247. The van der Waals surface area contributed by atoms with Gasteiger partial charge in [0.05, 0.1) is 6.54 Å². The van der Waals surface area contributed by atoms with E-state index in [4.69, 9.17) is 5.73 Å². The molecule has 2 rings (SSSR count). The number of carbonyl (C=O) groups is 1. The van der Waals surface area contributed by atoms with E-state index in [2.05, 4.69) is 22.1 Å². The Hall–Kier alpha value is -2.38. The van der Waals surface area contributed by atoms with Crippen molar-refractivity contribution < 1.29 is 9.90 Å². The summed E-state index contributed by atoms with van der Waals surface area (Å²) in [5, 5.41) is 9.41. The molecule has 0 unspecified atom stereocenters. The minimum absolute atomic E-state index is 0.0247. The molecule has 0 aliphatic rings. The Kier molecular flexibility index (Phi) is 7.62. The second-order valence-corrected chi connectivity index (χ2v) is 6.89. The van der Waals surface area contributed by atoms with E-state index in [1.54, 1.807) is 29.8 Å². The zero-order valence-electron chi connectivity index (χ0n) is 15.1. The van der Waals surface area contributed by atoms with Crippen LogP contribution in [0, 0.1) is 6.92 Å². The monoisotopic (exact) mass is 372 g/mol. The largest absolute Gasteiger partial charge is 0.396 e. The van der Waals surface area contributed by atoms with Gasteiger partial charge < -0.3 is 15.7 Å². The van der Waals surface area contributed by atoms with Crippen molar-refractivity contribution in [1.29, 1.82) is 0 Å². The van der Waals surface area contributed by atoms with E-state index in [-0.39, 0.29) is 6.61 Å². The second kappa shape index (κ2) is 9.94. The summed E-state index contributed by atoms with van der Waals surface area (Å²) in [7, 11) is 0. The number of aliphatic hydroxyl groups excluding tert-OH is 1. The van der Waals surface area contributed by atoms with Gasteiger partial charge in [-0.05, 0) is 19.4 Å². The van der Waals surface area contributed by atoms with Crippen molar-refractivity contribution >= 4 is 24.0 Å². The first-order valence-corrected chi connectivity index (χ1v) is 9.31. The highest BCUT2D eigenvalue weighted by molar-refractivity contribution is 8.02. The molecular weight excluding hydrogens is 348 g/mol. The number of nitrogens with two attached hydrogens (primary N) is 1. The first kappa shape index (κ1) is 19.9. The van der Waals surface area contributed by atoms with Gasteiger partial charge in [0, 0.05) is 41.1 Å². The van der Waals surface area contributed by atoms with Crippen LogP contribution in [0.15, 0.2) is 47.1 Å². The van der Waals surface area contributed by atoms with Gasteiger partial charge in [-0.2, -0.15) is 0 Å². The Bertz CT molecular complexity index is 765. The summed E-state index contributed by atoms with van der Waals surface area (Å²) in [6, 6.07) is 10.1. The maximum absolute atomic E-state index is 11.7. The molecule has 7 heteroatoms. The number of aromatic nitrogens is 2. The molecule has 0 bridgehead atoms. The van der Waals surface area contributed by atoms with Crippen molar-refractivity contribution in [3.63, 3.8) is 0 Å². The smallest absolute Gasteiger partial charge is 0.214 e. The number of hydrogen-bond acceptors (Lipinski definition) is 6. The number of thioether (sulfide) groups is 1. The number of anilines is 1. The van der Waals surface area contributed by atoms with Crippen molar-refractivity contribution in [3.8, 4) is 0 Å². The number of benzene rings is 1. The average molecular weight is 372 g/mol. The number of rotatable bonds is 9. The van der Waals surface area contributed by atoms with Crippen molar-refractivity contribution in [1.82, 2.24) is 14.9 Å². The zero-order chi connectivity index (χ0) is 18.9. The third-order valence-electron chi connectivity index (χ3n) is 3.92. The van der Waals surface area contributed by atoms with Crippen LogP contribution >= 0.6 is 11.8 Å². The number of amides is 1. The number of allylic oxidation sites excluding steroid dienone is 1. The molecule has 3 N–H and O–H groups in total. The Morgan fingerprint density at radius 3 is 2.69 bits per heavy atom. The van der Waals surface area contributed by atoms with Crippen LogP contribution in [0.3, 0.4) is 0 Å². The van der Waals surface area contributed by atoms with Crippen molar-refractivity contribution in [2.75, 3.05) is 12.3 Å². The molecule has 0 radical (unpaired) electrons. The number of aliphatic hydroxyl groups is 1. The number of carbonyl (C=O) groups excluding carboxylic acids is 1. The van der Waals surface area contributed by atoms with E-state index in [0.29, 0.717) is 30.2 Å². The number of nitrogens with zero attached hydrogens (tertiary/aromatic N) is 3. The van der Waals surface area contributed by atoms with E-state index < -0.39 is 0 Å². The quantitative estimate of drug-likeness (QED) is 0.658. The van der Waals surface area contributed by atoms with Crippen LogP contribution in [0.1, 0.15) is 30.3 Å². The maximum atomic E-state index is 11.7. The highest BCUT2D eigenvalue weighted by Gasteiger charge is 2.14. The Morgan fingerprint density at radius 1 is 1.35 bits per heavy atom. The second-order valence-electron chi connectivity index (χ2n) is 5.82. The van der Waals surface area contributed by atoms with Crippen molar-refractivity contribution in [2.24, 2.45) is 0 Å². The van der Waals surface area contributed by atoms with Gasteiger partial charge in [-0.3, -0.25) is 4.79 Å². The standard InChI is InChI=1S/C19H24N4O2S/c1-14(18(8-9-24)26-12-16-6-4-3-5-7-16)23(13-25)11-17-10-21-15(2)22-19(17)20/h3-7,10,13,24H,8-9,11-12H2,1-2H3,(H2,20,21,22)/b18-14-. The lowest BCUT2D eigenvalue weighted by molar-refractivity contribution is -0.116. The first-order valence-electron chi connectivity index (χ1n) is 8.32. The fraction of sp³-hybridized carbons (Fsp3) is 0.316. The summed E-state index contributed by atoms with van der Waals surface area (Å²) < 4.78 is 0. The predicted octanol–water partition coefficient (Wildman–Crippen LogP) is 2.87. The summed E-state index contributed by atoms with van der Waals surface area (Å²) in [6.45, 7) is 3.96. The van der Waals surface area contributed by atoms with Gasteiger partial charge in [-0.1, -0.05) is 30.3 Å². The first-order chi connectivity index (χ1) is 12.5. The van der Waals surface area contributed by atoms with Crippen LogP contribution in [0.25, 0.3) is 0 Å². The lowest BCUT2D eigenvalue weighted by atomic mass is 10.2.